The zero-order valence-corrected chi connectivity index (χ0v) is 15.9. The lowest BCUT2D eigenvalue weighted by molar-refractivity contribution is 0.0954. The van der Waals surface area contributed by atoms with Gasteiger partial charge in [0.2, 0.25) is 0 Å². The van der Waals surface area contributed by atoms with E-state index in [1.165, 1.54) is 22.1 Å². The van der Waals surface area contributed by atoms with Crippen molar-refractivity contribution in [1.82, 2.24) is 29.9 Å². The third-order valence-electron chi connectivity index (χ3n) is 3.87. The zero-order chi connectivity index (χ0) is 19.5. The van der Waals surface area contributed by atoms with E-state index in [4.69, 9.17) is 11.6 Å². The summed E-state index contributed by atoms with van der Waals surface area (Å²) >= 11 is 7.06. The Labute approximate surface area is 168 Å². The zero-order valence-electron chi connectivity index (χ0n) is 14.3. The van der Waals surface area contributed by atoms with Crippen LogP contribution < -0.4 is 11.0 Å². The fourth-order valence-corrected chi connectivity index (χ4v) is 3.48. The van der Waals surface area contributed by atoms with E-state index in [1.807, 2.05) is 12.1 Å². The smallest absolute Gasteiger partial charge is 0.346 e. The highest BCUT2D eigenvalue weighted by atomic mass is 35.5. The van der Waals surface area contributed by atoms with Crippen molar-refractivity contribution in [1.29, 1.82) is 0 Å². The molecule has 3 heterocycles. The van der Waals surface area contributed by atoms with Crippen LogP contribution in [0.3, 0.4) is 0 Å². The Morgan fingerprint density at radius 1 is 1.14 bits per heavy atom. The SMILES string of the molecule is O=C(NCc1cn(-c2ccc(-n3cccnc3=O)cc2)nn1)c1ccc(Cl)s1. The van der Waals surface area contributed by atoms with Crippen molar-refractivity contribution < 1.29 is 4.79 Å². The summed E-state index contributed by atoms with van der Waals surface area (Å²) in [6.45, 7) is 0.248. The van der Waals surface area contributed by atoms with Gasteiger partial charge in [0.15, 0.2) is 0 Å². The Hall–Kier alpha value is -3.30. The Morgan fingerprint density at radius 3 is 2.64 bits per heavy atom. The quantitative estimate of drug-likeness (QED) is 0.543. The van der Waals surface area contributed by atoms with E-state index in [9.17, 15) is 9.59 Å². The van der Waals surface area contributed by atoms with Crippen LogP contribution in [0.4, 0.5) is 0 Å². The molecule has 28 heavy (non-hydrogen) atoms. The molecule has 4 rings (SSSR count). The number of nitrogens with one attached hydrogen (secondary N) is 1. The molecular weight excluding hydrogens is 400 g/mol. The molecule has 0 aliphatic rings. The molecule has 0 saturated heterocycles. The molecule has 0 bridgehead atoms. The fraction of sp³-hybridized carbons (Fsp3) is 0.0556. The molecule has 0 fully saturated rings. The molecule has 0 aliphatic heterocycles. The van der Waals surface area contributed by atoms with Crippen molar-refractivity contribution in [2.75, 3.05) is 0 Å². The minimum absolute atomic E-state index is 0.210. The van der Waals surface area contributed by atoms with Gasteiger partial charge in [0.05, 0.1) is 33.3 Å². The first-order valence-electron chi connectivity index (χ1n) is 8.19. The van der Waals surface area contributed by atoms with Gasteiger partial charge in [-0.2, -0.15) is 0 Å². The Morgan fingerprint density at radius 2 is 1.93 bits per heavy atom. The van der Waals surface area contributed by atoms with Gasteiger partial charge in [0.25, 0.3) is 5.91 Å². The van der Waals surface area contributed by atoms with Crippen LogP contribution in [0.5, 0.6) is 0 Å². The molecule has 8 nitrogen and oxygen atoms in total. The minimum atomic E-state index is -0.346. The number of thiophene rings is 1. The van der Waals surface area contributed by atoms with Gasteiger partial charge >= 0.3 is 5.69 Å². The molecule has 3 aromatic heterocycles. The van der Waals surface area contributed by atoms with Crippen molar-refractivity contribution in [2.45, 2.75) is 6.54 Å². The number of nitrogens with zero attached hydrogens (tertiary/aromatic N) is 5. The molecule has 140 valence electrons. The molecule has 0 spiro atoms. The number of halogens is 1. The van der Waals surface area contributed by atoms with E-state index in [-0.39, 0.29) is 18.1 Å². The average molecular weight is 413 g/mol. The van der Waals surface area contributed by atoms with Gasteiger partial charge in [-0.1, -0.05) is 16.8 Å². The normalized spacial score (nSPS) is 10.8. The molecule has 0 unspecified atom stereocenters. The van der Waals surface area contributed by atoms with Gasteiger partial charge in [-0.05, 0) is 42.5 Å². The van der Waals surface area contributed by atoms with E-state index < -0.39 is 0 Å². The summed E-state index contributed by atoms with van der Waals surface area (Å²) in [6, 6.07) is 12.3. The molecule has 0 radical (unpaired) electrons. The predicted octanol–water partition coefficient (Wildman–Crippen LogP) is 2.46. The summed E-state index contributed by atoms with van der Waals surface area (Å²) in [4.78, 5) is 28.1. The topological polar surface area (TPSA) is 94.7 Å². The highest BCUT2D eigenvalue weighted by Gasteiger charge is 2.10. The van der Waals surface area contributed by atoms with Crippen molar-refractivity contribution in [2.24, 2.45) is 0 Å². The van der Waals surface area contributed by atoms with Crippen LogP contribution in [-0.2, 0) is 6.54 Å². The van der Waals surface area contributed by atoms with Crippen LogP contribution >= 0.6 is 22.9 Å². The number of carbonyl (C=O) groups excluding carboxylic acids is 1. The Kier molecular flexibility index (Phi) is 5.00. The number of hydrogen-bond acceptors (Lipinski definition) is 6. The van der Waals surface area contributed by atoms with Gasteiger partial charge in [-0.15, -0.1) is 16.4 Å². The molecule has 1 N–H and O–H groups in total. The van der Waals surface area contributed by atoms with E-state index in [0.29, 0.717) is 20.6 Å². The number of benzene rings is 1. The lowest BCUT2D eigenvalue weighted by Crippen LogP contribution is -2.21. The van der Waals surface area contributed by atoms with E-state index >= 15 is 0 Å². The summed E-state index contributed by atoms with van der Waals surface area (Å²) in [5.74, 6) is -0.210. The first-order chi connectivity index (χ1) is 13.6. The summed E-state index contributed by atoms with van der Waals surface area (Å²) in [5.41, 5.74) is 1.74. The van der Waals surface area contributed by atoms with Crippen molar-refractivity contribution in [3.63, 3.8) is 0 Å². The number of rotatable bonds is 5. The van der Waals surface area contributed by atoms with Gasteiger partial charge in [-0.25, -0.2) is 14.5 Å². The lowest BCUT2D eigenvalue weighted by atomic mass is 10.3. The molecular formula is C18H13ClN6O2S. The molecule has 0 aliphatic carbocycles. The van der Waals surface area contributed by atoms with E-state index in [2.05, 4.69) is 20.6 Å². The summed E-state index contributed by atoms with van der Waals surface area (Å²) < 4.78 is 3.61. The summed E-state index contributed by atoms with van der Waals surface area (Å²) in [5, 5.41) is 10.9. The van der Waals surface area contributed by atoms with Crippen LogP contribution in [0.15, 0.2) is 65.8 Å². The largest absolute Gasteiger partial charge is 0.352 e. The molecule has 10 heteroatoms. The number of aromatic nitrogens is 5. The van der Waals surface area contributed by atoms with Crippen LogP contribution in [0.25, 0.3) is 11.4 Å². The van der Waals surface area contributed by atoms with E-state index in [1.54, 1.807) is 47.4 Å². The standard InChI is InChI=1S/C18H13ClN6O2S/c19-16-7-6-15(28-16)17(26)21-10-12-11-25(23-22-12)14-4-2-13(3-5-14)24-9-1-8-20-18(24)27/h1-9,11H,10H2,(H,21,26). The Balaban J connectivity index is 1.45. The maximum absolute atomic E-state index is 12.1. The third-order valence-corrected chi connectivity index (χ3v) is 5.10. The molecule has 1 amide bonds. The number of amides is 1. The highest BCUT2D eigenvalue weighted by molar-refractivity contribution is 7.17. The third kappa shape index (κ3) is 3.85. The molecule has 1 aromatic carbocycles. The minimum Gasteiger partial charge on any atom is -0.346 e. The van der Waals surface area contributed by atoms with Crippen LogP contribution in [0.1, 0.15) is 15.4 Å². The second-order valence-corrected chi connectivity index (χ2v) is 7.44. The van der Waals surface area contributed by atoms with E-state index in [0.717, 1.165) is 5.69 Å². The van der Waals surface area contributed by atoms with Crippen molar-refractivity contribution >= 4 is 28.8 Å². The van der Waals surface area contributed by atoms with Gasteiger partial charge < -0.3 is 5.32 Å². The first kappa shape index (κ1) is 18.1. The average Bonchev–Trinajstić information content (AvgIpc) is 3.36. The summed E-state index contributed by atoms with van der Waals surface area (Å²) in [7, 11) is 0. The highest BCUT2D eigenvalue weighted by Crippen LogP contribution is 2.21. The maximum atomic E-state index is 12.1. The maximum Gasteiger partial charge on any atom is 0.352 e. The number of carbonyl (C=O) groups is 1. The monoisotopic (exact) mass is 412 g/mol. The summed E-state index contributed by atoms with van der Waals surface area (Å²) in [6.07, 6.45) is 4.84. The fourth-order valence-electron chi connectivity index (χ4n) is 2.52. The number of hydrogen-bond donors (Lipinski definition) is 1. The van der Waals surface area contributed by atoms with Crippen molar-refractivity contribution in [3.05, 3.63) is 86.4 Å². The molecule has 4 aromatic rings. The van der Waals surface area contributed by atoms with Crippen molar-refractivity contribution in [3.8, 4) is 11.4 Å². The van der Waals surface area contributed by atoms with Crippen LogP contribution in [-0.4, -0.2) is 30.5 Å². The first-order valence-corrected chi connectivity index (χ1v) is 9.39. The van der Waals surface area contributed by atoms with Gasteiger partial charge in [-0.3, -0.25) is 9.36 Å². The second kappa shape index (κ2) is 7.75. The molecule has 0 atom stereocenters. The van der Waals surface area contributed by atoms with Gasteiger partial charge in [0.1, 0.15) is 5.69 Å². The predicted molar refractivity (Wildman–Crippen MR) is 105 cm³/mol. The molecule has 0 saturated carbocycles. The Bertz CT molecular complexity index is 1180. The van der Waals surface area contributed by atoms with Crippen LogP contribution in [0, 0.1) is 0 Å². The van der Waals surface area contributed by atoms with Gasteiger partial charge in [0, 0.05) is 12.4 Å². The van der Waals surface area contributed by atoms with Crippen LogP contribution in [0.2, 0.25) is 4.34 Å². The second-order valence-electron chi connectivity index (χ2n) is 5.73. The lowest BCUT2D eigenvalue weighted by Gasteiger charge is -2.05.